The molecule has 21 heavy (non-hydrogen) atoms. The molecule has 0 aromatic rings. The first-order valence-electron chi connectivity index (χ1n) is 8.07. The largest absolute Gasteiger partial charge is 0.347 e. The summed E-state index contributed by atoms with van der Waals surface area (Å²) in [5, 5.41) is 9.41. The number of amidine groups is 1. The first-order chi connectivity index (χ1) is 9.87. The molecule has 118 valence electrons. The highest BCUT2D eigenvalue weighted by atomic mass is 32.2. The number of hydrogen-bond donors (Lipinski definition) is 0. The third-order valence-corrected chi connectivity index (χ3v) is 6.05. The van der Waals surface area contributed by atoms with Crippen LogP contribution in [-0.4, -0.2) is 39.2 Å². The Morgan fingerprint density at radius 2 is 1.57 bits per heavy atom. The number of hydrogen-bond acceptors (Lipinski definition) is 4. The highest BCUT2D eigenvalue weighted by molar-refractivity contribution is 7.96. The topological polar surface area (TPSA) is 42.6 Å². The van der Waals surface area contributed by atoms with Gasteiger partial charge in [0, 0.05) is 24.2 Å². The SMILES string of the molecule is CC1(C)CCCC(C)(C)N1S/N=C(\C#N)N1CCCCC1. The zero-order valence-corrected chi connectivity index (χ0v) is 14.7. The van der Waals surface area contributed by atoms with E-state index < -0.39 is 0 Å². The van der Waals surface area contributed by atoms with Gasteiger partial charge in [-0.3, -0.25) is 0 Å². The summed E-state index contributed by atoms with van der Waals surface area (Å²) in [5.41, 5.74) is 0.247. The van der Waals surface area contributed by atoms with Crippen molar-refractivity contribution in [1.29, 1.82) is 5.26 Å². The highest BCUT2D eigenvalue weighted by Crippen LogP contribution is 2.43. The average Bonchev–Trinajstić information content (AvgIpc) is 2.42. The summed E-state index contributed by atoms with van der Waals surface area (Å²) in [4.78, 5) is 2.14. The van der Waals surface area contributed by atoms with Gasteiger partial charge < -0.3 is 4.90 Å². The van der Waals surface area contributed by atoms with E-state index in [1.54, 1.807) is 0 Å². The number of nitriles is 1. The molecule has 0 radical (unpaired) electrons. The van der Waals surface area contributed by atoms with E-state index in [1.165, 1.54) is 50.7 Å². The fourth-order valence-electron chi connectivity index (χ4n) is 3.53. The molecule has 0 aromatic carbocycles. The lowest BCUT2D eigenvalue weighted by Crippen LogP contribution is -2.54. The molecule has 2 fully saturated rings. The number of piperidine rings is 2. The Balaban J connectivity index is 2.10. The molecule has 0 amide bonds. The Morgan fingerprint density at radius 1 is 1.00 bits per heavy atom. The molecule has 0 spiro atoms. The van der Waals surface area contributed by atoms with Gasteiger partial charge in [-0.05, 0) is 66.2 Å². The first kappa shape index (κ1) is 16.6. The number of rotatable bonds is 2. The molecule has 0 atom stereocenters. The Morgan fingerprint density at radius 3 is 2.10 bits per heavy atom. The number of likely N-dealkylation sites (tertiary alicyclic amines) is 1. The van der Waals surface area contributed by atoms with Crippen LogP contribution in [0.1, 0.15) is 66.2 Å². The van der Waals surface area contributed by atoms with E-state index >= 15 is 0 Å². The summed E-state index contributed by atoms with van der Waals surface area (Å²) in [6.45, 7) is 11.1. The maximum atomic E-state index is 9.41. The Hall–Kier alpha value is -0.730. The van der Waals surface area contributed by atoms with E-state index in [9.17, 15) is 5.26 Å². The van der Waals surface area contributed by atoms with E-state index in [2.05, 4.69) is 47.4 Å². The van der Waals surface area contributed by atoms with E-state index in [1.807, 2.05) is 0 Å². The quantitative estimate of drug-likeness (QED) is 0.439. The van der Waals surface area contributed by atoms with Crippen LogP contribution >= 0.6 is 12.1 Å². The third kappa shape index (κ3) is 3.92. The van der Waals surface area contributed by atoms with Gasteiger partial charge in [-0.1, -0.05) is 0 Å². The third-order valence-electron chi connectivity index (χ3n) is 4.64. The van der Waals surface area contributed by atoms with Crippen molar-refractivity contribution in [2.75, 3.05) is 13.1 Å². The fourth-order valence-corrected chi connectivity index (χ4v) is 4.47. The zero-order chi connectivity index (χ0) is 15.5. The van der Waals surface area contributed by atoms with Gasteiger partial charge in [-0.15, -0.1) is 0 Å². The maximum absolute atomic E-state index is 9.41. The monoisotopic (exact) mass is 308 g/mol. The minimum Gasteiger partial charge on any atom is -0.347 e. The van der Waals surface area contributed by atoms with Crippen LogP contribution in [0.25, 0.3) is 0 Å². The molecule has 2 aliphatic heterocycles. The second kappa shape index (κ2) is 6.58. The van der Waals surface area contributed by atoms with Crippen LogP contribution in [0.2, 0.25) is 0 Å². The fraction of sp³-hybridized carbons (Fsp3) is 0.875. The zero-order valence-electron chi connectivity index (χ0n) is 13.9. The van der Waals surface area contributed by atoms with E-state index in [4.69, 9.17) is 0 Å². The normalized spacial score (nSPS) is 26.4. The smallest absolute Gasteiger partial charge is 0.216 e. The molecular formula is C16H28N4S. The van der Waals surface area contributed by atoms with E-state index in [-0.39, 0.29) is 11.1 Å². The molecular weight excluding hydrogens is 280 g/mol. The molecule has 0 unspecified atom stereocenters. The van der Waals surface area contributed by atoms with E-state index in [0.717, 1.165) is 13.1 Å². The Labute approximate surface area is 133 Å². The second-order valence-corrected chi connectivity index (χ2v) is 8.14. The van der Waals surface area contributed by atoms with Crippen LogP contribution in [-0.2, 0) is 0 Å². The molecule has 2 aliphatic rings. The molecule has 0 aromatic heterocycles. The molecule has 0 N–H and O–H groups in total. The predicted molar refractivity (Wildman–Crippen MR) is 89.9 cm³/mol. The lowest BCUT2D eigenvalue weighted by Gasteiger charge is -2.50. The van der Waals surface area contributed by atoms with Crippen LogP contribution in [0.5, 0.6) is 0 Å². The summed E-state index contributed by atoms with van der Waals surface area (Å²) in [6, 6.07) is 2.29. The Kier molecular flexibility index (Phi) is 5.21. The lowest BCUT2D eigenvalue weighted by molar-refractivity contribution is 0.0677. The van der Waals surface area contributed by atoms with Crippen molar-refractivity contribution in [1.82, 2.24) is 9.21 Å². The van der Waals surface area contributed by atoms with Crippen molar-refractivity contribution in [3.8, 4) is 6.07 Å². The molecule has 2 saturated heterocycles. The minimum atomic E-state index is 0.123. The van der Waals surface area contributed by atoms with Crippen LogP contribution < -0.4 is 0 Å². The van der Waals surface area contributed by atoms with Gasteiger partial charge in [0.15, 0.2) is 0 Å². The van der Waals surface area contributed by atoms with Gasteiger partial charge in [0.05, 0.1) is 12.1 Å². The van der Waals surface area contributed by atoms with Gasteiger partial charge in [0.1, 0.15) is 6.07 Å². The number of nitrogens with zero attached hydrogens (tertiary/aromatic N) is 4. The maximum Gasteiger partial charge on any atom is 0.216 e. The lowest BCUT2D eigenvalue weighted by atomic mass is 9.83. The van der Waals surface area contributed by atoms with Gasteiger partial charge in [-0.2, -0.15) is 9.66 Å². The minimum absolute atomic E-state index is 0.123. The van der Waals surface area contributed by atoms with Crippen molar-refractivity contribution in [2.45, 2.75) is 77.3 Å². The summed E-state index contributed by atoms with van der Waals surface area (Å²) in [5.74, 6) is 0.594. The Bertz CT molecular complexity index is 414. The molecule has 2 heterocycles. The average molecular weight is 308 g/mol. The van der Waals surface area contributed by atoms with Crippen LogP contribution in [0.15, 0.2) is 4.40 Å². The van der Waals surface area contributed by atoms with Gasteiger partial charge in [0.25, 0.3) is 0 Å². The molecule has 0 saturated carbocycles. The molecule has 5 heteroatoms. The van der Waals surface area contributed by atoms with Gasteiger partial charge in [0.2, 0.25) is 5.84 Å². The van der Waals surface area contributed by atoms with Crippen LogP contribution in [0.3, 0.4) is 0 Å². The second-order valence-electron chi connectivity index (χ2n) is 7.43. The first-order valence-corrected chi connectivity index (χ1v) is 8.80. The van der Waals surface area contributed by atoms with Crippen molar-refractivity contribution in [3.63, 3.8) is 0 Å². The molecule has 4 nitrogen and oxygen atoms in total. The molecule has 0 bridgehead atoms. The summed E-state index contributed by atoms with van der Waals surface area (Å²) < 4.78 is 7.00. The molecule has 0 aliphatic carbocycles. The standard InChI is InChI=1S/C16H28N4S/c1-15(2)9-8-10-16(3,4)20(15)21-18-14(13-17)19-11-6-5-7-12-19/h5-12H2,1-4H3/b18-14+. The molecule has 2 rings (SSSR count). The summed E-state index contributed by atoms with van der Waals surface area (Å²) >= 11 is 1.49. The summed E-state index contributed by atoms with van der Waals surface area (Å²) in [7, 11) is 0. The van der Waals surface area contributed by atoms with E-state index in [0.29, 0.717) is 5.84 Å². The van der Waals surface area contributed by atoms with Gasteiger partial charge in [-0.25, -0.2) is 4.31 Å². The van der Waals surface area contributed by atoms with Crippen LogP contribution in [0.4, 0.5) is 0 Å². The van der Waals surface area contributed by atoms with Crippen molar-refractivity contribution in [3.05, 3.63) is 0 Å². The van der Waals surface area contributed by atoms with Crippen molar-refractivity contribution < 1.29 is 0 Å². The summed E-state index contributed by atoms with van der Waals surface area (Å²) in [6.07, 6.45) is 7.25. The van der Waals surface area contributed by atoms with Gasteiger partial charge >= 0.3 is 0 Å². The van der Waals surface area contributed by atoms with Crippen molar-refractivity contribution in [2.24, 2.45) is 4.40 Å². The highest BCUT2D eigenvalue weighted by Gasteiger charge is 2.42. The predicted octanol–water partition coefficient (Wildman–Crippen LogP) is 4.00. The van der Waals surface area contributed by atoms with Crippen molar-refractivity contribution >= 4 is 18.0 Å². The van der Waals surface area contributed by atoms with Crippen LogP contribution in [0, 0.1) is 11.3 Å².